The van der Waals surface area contributed by atoms with Crippen LogP contribution in [0.2, 0.25) is 0 Å². The van der Waals surface area contributed by atoms with Gasteiger partial charge in [-0.3, -0.25) is 5.84 Å². The number of fused-ring (bicyclic) bond motifs is 1. The van der Waals surface area contributed by atoms with E-state index in [4.69, 9.17) is 5.84 Å². The maximum Gasteiger partial charge on any atom is 0.121 e. The smallest absolute Gasteiger partial charge is 0.121 e. The number of hydrogen-bond donors (Lipinski definition) is 4. The molecule has 0 saturated heterocycles. The third-order valence-electron chi connectivity index (χ3n) is 3.95. The molecule has 0 aliphatic rings. The molecule has 2 aromatic rings. The fraction of sp³-hybridized carbons (Fsp3) is 0.412. The summed E-state index contributed by atoms with van der Waals surface area (Å²) in [6, 6.07) is 8.65. The Morgan fingerprint density at radius 2 is 1.62 bits per heavy atom. The molecule has 5 N–H and O–H groups in total. The standard InChI is InChI=1S/C15H20N2O2.C2H6/c1-3-15(4-2,17-16)14-12-9-11(18)7-5-10(12)6-8-13(14)19;1-2/h5-9,17-19H,3-4,16H2,1-2H3;1-2H3. The highest BCUT2D eigenvalue weighted by molar-refractivity contribution is 5.89. The van der Waals surface area contributed by atoms with Crippen LogP contribution in [-0.4, -0.2) is 10.2 Å². The van der Waals surface area contributed by atoms with Crippen LogP contribution in [0.4, 0.5) is 0 Å². The van der Waals surface area contributed by atoms with E-state index in [0.717, 1.165) is 29.2 Å². The average Bonchev–Trinajstić information content (AvgIpc) is 2.53. The van der Waals surface area contributed by atoms with E-state index in [-0.39, 0.29) is 11.5 Å². The summed E-state index contributed by atoms with van der Waals surface area (Å²) in [5.74, 6) is 6.11. The largest absolute Gasteiger partial charge is 0.508 e. The third-order valence-corrected chi connectivity index (χ3v) is 3.95. The number of nitrogens with two attached hydrogens (primary N) is 1. The molecule has 2 aromatic carbocycles. The van der Waals surface area contributed by atoms with Gasteiger partial charge < -0.3 is 10.2 Å². The van der Waals surface area contributed by atoms with E-state index in [0.29, 0.717) is 0 Å². The number of hydrogen-bond acceptors (Lipinski definition) is 4. The zero-order chi connectivity index (χ0) is 16.0. The fourth-order valence-electron chi connectivity index (χ4n) is 2.68. The molecule has 0 spiro atoms. The molecule has 0 aliphatic carbocycles. The molecule has 0 heterocycles. The van der Waals surface area contributed by atoms with E-state index >= 15 is 0 Å². The van der Waals surface area contributed by atoms with Crippen molar-refractivity contribution in [1.82, 2.24) is 5.43 Å². The first-order valence-electron chi connectivity index (χ1n) is 7.51. The lowest BCUT2D eigenvalue weighted by molar-refractivity contribution is 0.303. The first-order valence-corrected chi connectivity index (χ1v) is 7.51. The van der Waals surface area contributed by atoms with E-state index < -0.39 is 5.54 Å². The molecule has 0 radical (unpaired) electrons. The van der Waals surface area contributed by atoms with Gasteiger partial charge in [0.05, 0.1) is 5.54 Å². The lowest BCUT2D eigenvalue weighted by Gasteiger charge is -2.33. The predicted molar refractivity (Wildman–Crippen MR) is 88.2 cm³/mol. The van der Waals surface area contributed by atoms with Crippen LogP contribution in [0.3, 0.4) is 0 Å². The van der Waals surface area contributed by atoms with Gasteiger partial charge in [0.1, 0.15) is 11.5 Å². The Labute approximate surface area is 126 Å². The van der Waals surface area contributed by atoms with Gasteiger partial charge in [-0.25, -0.2) is 5.43 Å². The quantitative estimate of drug-likeness (QED) is 0.511. The zero-order valence-electron chi connectivity index (χ0n) is 13.3. The van der Waals surface area contributed by atoms with Gasteiger partial charge in [-0.2, -0.15) is 0 Å². The van der Waals surface area contributed by atoms with Crippen molar-refractivity contribution in [3.8, 4) is 11.5 Å². The van der Waals surface area contributed by atoms with Crippen molar-refractivity contribution in [2.24, 2.45) is 5.84 Å². The number of benzene rings is 2. The maximum absolute atomic E-state index is 10.3. The van der Waals surface area contributed by atoms with Crippen molar-refractivity contribution in [3.63, 3.8) is 0 Å². The second-order valence-electron chi connectivity index (χ2n) is 4.80. The van der Waals surface area contributed by atoms with E-state index in [1.807, 2.05) is 39.8 Å². The molecule has 0 saturated carbocycles. The summed E-state index contributed by atoms with van der Waals surface area (Å²) in [6.07, 6.45) is 1.48. The van der Waals surface area contributed by atoms with Gasteiger partial charge in [-0.15, -0.1) is 0 Å². The maximum atomic E-state index is 10.3. The number of aromatic hydroxyl groups is 2. The van der Waals surface area contributed by atoms with Gasteiger partial charge >= 0.3 is 0 Å². The molecule has 0 aliphatic heterocycles. The second kappa shape index (κ2) is 7.29. The van der Waals surface area contributed by atoms with Gasteiger partial charge in [-0.1, -0.05) is 39.8 Å². The lowest BCUT2D eigenvalue weighted by Crippen LogP contribution is -2.46. The molecule has 21 heavy (non-hydrogen) atoms. The highest BCUT2D eigenvalue weighted by Crippen LogP contribution is 2.40. The molecule has 0 aromatic heterocycles. The van der Waals surface area contributed by atoms with Crippen molar-refractivity contribution in [2.75, 3.05) is 0 Å². The lowest BCUT2D eigenvalue weighted by atomic mass is 9.82. The van der Waals surface area contributed by atoms with Crippen molar-refractivity contribution in [2.45, 2.75) is 46.1 Å². The van der Waals surface area contributed by atoms with Crippen LogP contribution < -0.4 is 11.3 Å². The first-order chi connectivity index (χ1) is 10.1. The second-order valence-corrected chi connectivity index (χ2v) is 4.80. The summed E-state index contributed by atoms with van der Waals surface area (Å²) in [6.45, 7) is 8.04. The SMILES string of the molecule is CC.CCC(CC)(NN)c1c(O)ccc2ccc(O)cc12. The monoisotopic (exact) mass is 290 g/mol. The Kier molecular flexibility index (Phi) is 6.00. The summed E-state index contributed by atoms with van der Waals surface area (Å²) in [5.41, 5.74) is 3.08. The average molecular weight is 290 g/mol. The van der Waals surface area contributed by atoms with Crippen LogP contribution in [0.1, 0.15) is 46.1 Å². The number of nitrogens with one attached hydrogen (secondary N) is 1. The van der Waals surface area contributed by atoms with Gasteiger partial charge in [-0.05, 0) is 41.8 Å². The minimum atomic E-state index is -0.503. The Morgan fingerprint density at radius 3 is 2.14 bits per heavy atom. The summed E-state index contributed by atoms with van der Waals surface area (Å²) >= 11 is 0. The van der Waals surface area contributed by atoms with Crippen molar-refractivity contribution in [3.05, 3.63) is 35.9 Å². The minimum Gasteiger partial charge on any atom is -0.508 e. The number of rotatable bonds is 4. The van der Waals surface area contributed by atoms with Crippen LogP contribution in [0.15, 0.2) is 30.3 Å². The van der Waals surface area contributed by atoms with Crippen LogP contribution in [0.25, 0.3) is 10.8 Å². The normalized spacial score (nSPS) is 11.1. The van der Waals surface area contributed by atoms with Gasteiger partial charge in [0.15, 0.2) is 0 Å². The van der Waals surface area contributed by atoms with Gasteiger partial charge in [0, 0.05) is 5.56 Å². The zero-order valence-corrected chi connectivity index (χ0v) is 13.3. The van der Waals surface area contributed by atoms with Gasteiger partial charge in [0.25, 0.3) is 0 Å². The Bertz CT molecular complexity index is 579. The highest BCUT2D eigenvalue weighted by atomic mass is 16.3. The molecule has 4 nitrogen and oxygen atoms in total. The van der Waals surface area contributed by atoms with Crippen LogP contribution >= 0.6 is 0 Å². The number of phenols is 2. The number of hydrazine groups is 1. The summed E-state index contributed by atoms with van der Waals surface area (Å²) in [7, 11) is 0. The summed E-state index contributed by atoms with van der Waals surface area (Å²) < 4.78 is 0. The topological polar surface area (TPSA) is 78.5 Å². The van der Waals surface area contributed by atoms with Crippen molar-refractivity contribution in [1.29, 1.82) is 0 Å². The molecule has 0 unspecified atom stereocenters. The summed E-state index contributed by atoms with van der Waals surface area (Å²) in [5, 5.41) is 21.7. The van der Waals surface area contributed by atoms with E-state index in [9.17, 15) is 10.2 Å². The molecule has 0 fully saturated rings. The molecule has 0 atom stereocenters. The Balaban J connectivity index is 0.00000106. The fourth-order valence-corrected chi connectivity index (χ4v) is 2.68. The van der Waals surface area contributed by atoms with Crippen molar-refractivity contribution >= 4 is 10.8 Å². The summed E-state index contributed by atoms with van der Waals surface area (Å²) in [4.78, 5) is 0. The van der Waals surface area contributed by atoms with Crippen LogP contribution in [0, 0.1) is 0 Å². The highest BCUT2D eigenvalue weighted by Gasteiger charge is 2.31. The minimum absolute atomic E-state index is 0.178. The molecular weight excluding hydrogens is 264 g/mol. The van der Waals surface area contributed by atoms with E-state index in [1.54, 1.807) is 18.2 Å². The Hall–Kier alpha value is -1.78. The predicted octanol–water partition coefficient (Wildman–Crippen LogP) is 3.76. The molecule has 0 amide bonds. The van der Waals surface area contributed by atoms with Gasteiger partial charge in [0.2, 0.25) is 0 Å². The molecule has 2 rings (SSSR count). The molecule has 0 bridgehead atoms. The van der Waals surface area contributed by atoms with Crippen LogP contribution in [-0.2, 0) is 5.54 Å². The third kappa shape index (κ3) is 3.12. The first kappa shape index (κ1) is 17.3. The molecular formula is C17H26N2O2. The van der Waals surface area contributed by atoms with Crippen molar-refractivity contribution < 1.29 is 10.2 Å². The number of phenolic OH excluding ortho intramolecular Hbond substituents is 2. The van der Waals surface area contributed by atoms with E-state index in [2.05, 4.69) is 5.43 Å². The van der Waals surface area contributed by atoms with Crippen LogP contribution in [0.5, 0.6) is 11.5 Å². The Morgan fingerprint density at radius 1 is 1.05 bits per heavy atom. The molecule has 4 heteroatoms. The molecule has 116 valence electrons. The van der Waals surface area contributed by atoms with E-state index in [1.165, 1.54) is 0 Å².